The van der Waals surface area contributed by atoms with E-state index < -0.39 is 5.41 Å². The Morgan fingerprint density at radius 2 is 2.08 bits per heavy atom. The van der Waals surface area contributed by atoms with E-state index in [2.05, 4.69) is 15.2 Å². The number of ether oxygens (including phenoxy) is 1. The normalized spacial score (nSPS) is 31.6. The highest BCUT2D eigenvalue weighted by atomic mass is 16.5. The number of carbonyl (C=O) groups excluding carboxylic acids is 2. The second-order valence-corrected chi connectivity index (χ2v) is 7.76. The van der Waals surface area contributed by atoms with Crippen LogP contribution in [0.5, 0.6) is 0 Å². The van der Waals surface area contributed by atoms with Crippen molar-refractivity contribution in [2.75, 3.05) is 37.7 Å². The predicted octanol–water partition coefficient (Wildman–Crippen LogP) is 0.564. The molecule has 0 amide bonds. The molecule has 1 saturated carbocycles. The molecule has 1 unspecified atom stereocenters. The smallest absolute Gasteiger partial charge is 0.297 e. The van der Waals surface area contributed by atoms with Crippen LogP contribution in [0.3, 0.4) is 0 Å². The summed E-state index contributed by atoms with van der Waals surface area (Å²) in [5.74, 6) is 0.578. The summed E-state index contributed by atoms with van der Waals surface area (Å²) in [6.45, 7) is 4.66. The number of nitrogens with one attached hydrogen (secondary N) is 1. The molecule has 7 heteroatoms. The molecule has 2 spiro atoms. The molecule has 1 aromatic heterocycles. The molecule has 1 N–H and O–H groups in total. The lowest BCUT2D eigenvalue weighted by molar-refractivity contribution is -0.138. The number of nitrogens with zero attached hydrogens (tertiary/aromatic N) is 2. The molecule has 5 rings (SSSR count). The Morgan fingerprint density at radius 3 is 2.79 bits per heavy atom. The van der Waals surface area contributed by atoms with E-state index in [1.807, 2.05) is 0 Å². The summed E-state index contributed by atoms with van der Waals surface area (Å²) >= 11 is 0. The molecule has 0 aromatic carbocycles. The number of Topliss-reactive ketones (excluding diaryl/α,β-unsaturated/α-hetero) is 2. The molecule has 0 radical (unpaired) electrons. The Kier molecular flexibility index (Phi) is 2.98. The fourth-order valence-electron chi connectivity index (χ4n) is 4.52. The summed E-state index contributed by atoms with van der Waals surface area (Å²) < 4.78 is 11.8. The van der Waals surface area contributed by atoms with Gasteiger partial charge in [-0.2, -0.15) is 4.98 Å². The lowest BCUT2D eigenvalue weighted by atomic mass is 9.70. The molecule has 7 nitrogen and oxygen atoms in total. The van der Waals surface area contributed by atoms with Gasteiger partial charge in [0.25, 0.3) is 6.01 Å². The van der Waals surface area contributed by atoms with Gasteiger partial charge in [-0.3, -0.25) is 9.59 Å². The predicted molar refractivity (Wildman–Crippen MR) is 83.8 cm³/mol. The molecule has 2 saturated heterocycles. The van der Waals surface area contributed by atoms with E-state index in [1.54, 1.807) is 0 Å². The largest absolute Gasteiger partial charge is 0.427 e. The fraction of sp³-hybridized carbons (Fsp3) is 0.706. The van der Waals surface area contributed by atoms with Crippen molar-refractivity contribution < 1.29 is 18.7 Å². The van der Waals surface area contributed by atoms with Crippen molar-refractivity contribution in [3.8, 4) is 0 Å². The van der Waals surface area contributed by atoms with Crippen LogP contribution in [0.1, 0.15) is 37.1 Å². The Hall–Kier alpha value is -1.73. The third-order valence-electron chi connectivity index (χ3n) is 6.14. The molecular formula is C17H21N3O4. The Labute approximate surface area is 139 Å². The minimum atomic E-state index is -0.803. The molecule has 0 bridgehead atoms. The monoisotopic (exact) mass is 331 g/mol. The van der Waals surface area contributed by atoms with Crippen molar-refractivity contribution in [1.82, 2.24) is 10.3 Å². The number of aromatic nitrogens is 1. The standard InChI is InChI=1S/C17H21N3O4/c21-11-1-2-17(13(22)5-11)10-23-6-12-14(17)24-15(19-12)20-4-3-16(9-20)7-18-8-16/h18H,1-10H2. The van der Waals surface area contributed by atoms with E-state index in [4.69, 9.17) is 9.15 Å². The quantitative estimate of drug-likeness (QED) is 0.753. The number of carbonyl (C=O) groups is 2. The van der Waals surface area contributed by atoms with Crippen molar-refractivity contribution in [2.24, 2.45) is 5.41 Å². The van der Waals surface area contributed by atoms with Crippen LogP contribution in [0.4, 0.5) is 6.01 Å². The van der Waals surface area contributed by atoms with E-state index in [-0.39, 0.29) is 18.0 Å². The molecule has 3 fully saturated rings. The van der Waals surface area contributed by atoms with Gasteiger partial charge >= 0.3 is 0 Å². The van der Waals surface area contributed by atoms with Gasteiger partial charge in [0.2, 0.25) is 0 Å². The highest BCUT2D eigenvalue weighted by molar-refractivity contribution is 6.06. The Balaban J connectivity index is 1.48. The van der Waals surface area contributed by atoms with E-state index in [9.17, 15) is 9.59 Å². The van der Waals surface area contributed by atoms with E-state index in [1.165, 1.54) is 0 Å². The zero-order chi connectivity index (χ0) is 16.4. The van der Waals surface area contributed by atoms with Gasteiger partial charge in [0.15, 0.2) is 5.78 Å². The van der Waals surface area contributed by atoms with Gasteiger partial charge in [0, 0.05) is 38.0 Å². The van der Waals surface area contributed by atoms with Crippen molar-refractivity contribution in [3.05, 3.63) is 11.5 Å². The number of rotatable bonds is 1. The van der Waals surface area contributed by atoms with Gasteiger partial charge in [-0.1, -0.05) is 0 Å². The van der Waals surface area contributed by atoms with Crippen LogP contribution >= 0.6 is 0 Å². The molecule has 1 aromatic rings. The Morgan fingerprint density at radius 1 is 1.21 bits per heavy atom. The summed E-state index contributed by atoms with van der Waals surface area (Å²) in [6, 6.07) is 0.610. The molecule has 1 atom stereocenters. The zero-order valence-corrected chi connectivity index (χ0v) is 13.6. The summed E-state index contributed by atoms with van der Waals surface area (Å²) in [5.41, 5.74) is 0.282. The molecular weight excluding hydrogens is 310 g/mol. The summed E-state index contributed by atoms with van der Waals surface area (Å²) in [5, 5.41) is 3.35. The summed E-state index contributed by atoms with van der Waals surface area (Å²) in [7, 11) is 0. The van der Waals surface area contributed by atoms with Crippen molar-refractivity contribution >= 4 is 17.6 Å². The number of anilines is 1. The van der Waals surface area contributed by atoms with Gasteiger partial charge in [0.1, 0.15) is 22.7 Å². The van der Waals surface area contributed by atoms with Crippen LogP contribution in [0.25, 0.3) is 0 Å². The number of hydrogen-bond donors (Lipinski definition) is 1. The van der Waals surface area contributed by atoms with Crippen LogP contribution in [0, 0.1) is 5.41 Å². The first-order valence-electron chi connectivity index (χ1n) is 8.69. The average molecular weight is 331 g/mol. The molecule has 3 aliphatic heterocycles. The van der Waals surface area contributed by atoms with E-state index in [0.717, 1.165) is 38.3 Å². The van der Waals surface area contributed by atoms with Crippen LogP contribution in [-0.2, 0) is 26.3 Å². The first-order valence-corrected chi connectivity index (χ1v) is 8.69. The van der Waals surface area contributed by atoms with E-state index in [0.29, 0.717) is 43.2 Å². The SMILES string of the molecule is O=C1CCC2(COCc3nc(N4CCC5(CNC5)C4)oc32)C(=O)C1. The van der Waals surface area contributed by atoms with Gasteiger partial charge in [-0.25, -0.2) is 0 Å². The highest BCUT2D eigenvalue weighted by Gasteiger charge is 2.51. The van der Waals surface area contributed by atoms with Crippen LogP contribution < -0.4 is 10.2 Å². The number of fused-ring (bicyclic) bond motifs is 2. The minimum Gasteiger partial charge on any atom is -0.427 e. The summed E-state index contributed by atoms with van der Waals surface area (Å²) in [6.07, 6.45) is 2.00. The second-order valence-electron chi connectivity index (χ2n) is 7.76. The van der Waals surface area contributed by atoms with Crippen molar-refractivity contribution in [1.29, 1.82) is 0 Å². The maximum absolute atomic E-state index is 12.6. The Bertz CT molecular complexity index is 723. The lowest BCUT2D eigenvalue weighted by Gasteiger charge is -2.38. The number of hydrogen-bond acceptors (Lipinski definition) is 7. The van der Waals surface area contributed by atoms with Gasteiger partial charge < -0.3 is 19.4 Å². The first kappa shape index (κ1) is 14.6. The van der Waals surface area contributed by atoms with Crippen LogP contribution in [-0.4, -0.2) is 49.3 Å². The van der Waals surface area contributed by atoms with Crippen LogP contribution in [0.2, 0.25) is 0 Å². The van der Waals surface area contributed by atoms with E-state index >= 15 is 0 Å². The van der Waals surface area contributed by atoms with Gasteiger partial charge in [-0.15, -0.1) is 0 Å². The zero-order valence-electron chi connectivity index (χ0n) is 13.6. The average Bonchev–Trinajstić information content (AvgIpc) is 3.15. The molecule has 24 heavy (non-hydrogen) atoms. The second kappa shape index (κ2) is 4.89. The van der Waals surface area contributed by atoms with Gasteiger partial charge in [-0.05, 0) is 12.8 Å². The highest BCUT2D eigenvalue weighted by Crippen LogP contribution is 2.44. The summed E-state index contributed by atoms with van der Waals surface area (Å²) in [4.78, 5) is 31.1. The maximum atomic E-state index is 12.6. The topological polar surface area (TPSA) is 84.7 Å². The van der Waals surface area contributed by atoms with Crippen molar-refractivity contribution in [3.63, 3.8) is 0 Å². The van der Waals surface area contributed by atoms with Crippen molar-refractivity contribution in [2.45, 2.75) is 37.7 Å². The van der Waals surface area contributed by atoms with Gasteiger partial charge in [0.05, 0.1) is 19.6 Å². The molecule has 4 heterocycles. The number of ketones is 2. The lowest BCUT2D eigenvalue weighted by Crippen LogP contribution is -2.54. The fourth-order valence-corrected chi connectivity index (χ4v) is 4.52. The minimum absolute atomic E-state index is 0.0106. The van der Waals surface area contributed by atoms with Crippen LogP contribution in [0.15, 0.2) is 4.42 Å². The maximum Gasteiger partial charge on any atom is 0.297 e. The first-order chi connectivity index (χ1) is 11.6. The third kappa shape index (κ3) is 1.94. The molecule has 128 valence electrons. The molecule has 4 aliphatic rings. The molecule has 1 aliphatic carbocycles. The third-order valence-corrected chi connectivity index (χ3v) is 6.14. The number of oxazole rings is 1.